The molecular weight excluding hydrogens is 279 g/mol. The largest absolute Gasteiger partial charge is 0.550 e. The fourth-order valence-corrected chi connectivity index (χ4v) is 1.20. The lowest BCUT2D eigenvalue weighted by molar-refractivity contribution is -0.304. The molecule has 0 amide bonds. The van der Waals surface area contributed by atoms with Crippen molar-refractivity contribution in [3.8, 4) is 5.75 Å². The highest BCUT2D eigenvalue weighted by molar-refractivity contribution is 6.05. The van der Waals surface area contributed by atoms with Gasteiger partial charge in [0.05, 0.1) is 12.0 Å². The zero-order valence-electron chi connectivity index (χ0n) is 8.88. The van der Waals surface area contributed by atoms with Crippen LogP contribution in [-0.2, 0) is 4.79 Å². The van der Waals surface area contributed by atoms with E-state index in [0.29, 0.717) is 0 Å². The fraction of sp³-hybridized carbons (Fsp3) is 0.200. The van der Waals surface area contributed by atoms with E-state index in [1.807, 2.05) is 0 Å². The zero-order chi connectivity index (χ0) is 14.7. The van der Waals surface area contributed by atoms with E-state index >= 15 is 0 Å². The summed E-state index contributed by atoms with van der Waals surface area (Å²) < 4.78 is 66.7. The van der Waals surface area contributed by atoms with Crippen molar-refractivity contribution in [1.82, 2.24) is 0 Å². The molecule has 0 aliphatic rings. The molecule has 0 aliphatic heterocycles. The molecule has 0 saturated heterocycles. The van der Waals surface area contributed by atoms with Gasteiger partial charge in [-0.05, 0) is 6.07 Å². The fourth-order valence-electron chi connectivity index (χ4n) is 1.20. The minimum absolute atomic E-state index is 0.0499. The van der Waals surface area contributed by atoms with Crippen LogP contribution in [0.15, 0.2) is 6.07 Å². The SMILES string of the molecule is O=C([O-])CC(=O)c1cc(F)c(F)c(OC(F)F)c1F. The second kappa shape index (κ2) is 5.63. The van der Waals surface area contributed by atoms with Crippen LogP contribution in [0.2, 0.25) is 0 Å². The third-order valence-electron chi connectivity index (χ3n) is 1.93. The van der Waals surface area contributed by atoms with Gasteiger partial charge in [-0.25, -0.2) is 8.78 Å². The predicted molar refractivity (Wildman–Crippen MR) is 46.9 cm³/mol. The average Bonchev–Trinajstić information content (AvgIpc) is 2.28. The molecule has 0 saturated carbocycles. The number of aliphatic carboxylic acids is 1. The van der Waals surface area contributed by atoms with Crippen molar-refractivity contribution in [2.45, 2.75) is 13.0 Å². The van der Waals surface area contributed by atoms with Crippen molar-refractivity contribution >= 4 is 11.8 Å². The predicted octanol–water partition coefficient (Wildman–Crippen LogP) is 1.03. The lowest BCUT2D eigenvalue weighted by Crippen LogP contribution is -2.26. The van der Waals surface area contributed by atoms with Crippen LogP contribution in [0.5, 0.6) is 5.75 Å². The van der Waals surface area contributed by atoms with E-state index in [1.165, 1.54) is 0 Å². The molecule has 0 heterocycles. The smallest absolute Gasteiger partial charge is 0.387 e. The lowest BCUT2D eigenvalue weighted by Gasteiger charge is -2.11. The number of carboxylic acid groups (broad SMARTS) is 1. The van der Waals surface area contributed by atoms with Crippen LogP contribution in [0.1, 0.15) is 16.8 Å². The monoisotopic (exact) mass is 283 g/mol. The van der Waals surface area contributed by atoms with Crippen LogP contribution in [0.25, 0.3) is 0 Å². The first-order chi connectivity index (χ1) is 8.73. The van der Waals surface area contributed by atoms with Crippen molar-refractivity contribution in [3.63, 3.8) is 0 Å². The van der Waals surface area contributed by atoms with Crippen LogP contribution >= 0.6 is 0 Å². The highest BCUT2D eigenvalue weighted by atomic mass is 19.3. The zero-order valence-corrected chi connectivity index (χ0v) is 8.88. The molecule has 1 rings (SSSR count). The standard InChI is InChI=1S/C10H5F5O4/c11-4-1-3(5(16)2-6(17)18)7(12)9(8(4)13)19-10(14)15/h1,10H,2H2,(H,17,18)/p-1. The van der Waals surface area contributed by atoms with Gasteiger partial charge in [-0.1, -0.05) is 0 Å². The summed E-state index contributed by atoms with van der Waals surface area (Å²) in [6, 6.07) is 0.0499. The van der Waals surface area contributed by atoms with Crippen LogP contribution in [0.3, 0.4) is 0 Å². The molecule has 1 aromatic carbocycles. The molecule has 0 bridgehead atoms. The van der Waals surface area contributed by atoms with Gasteiger partial charge in [-0.2, -0.15) is 13.2 Å². The van der Waals surface area contributed by atoms with Crippen molar-refractivity contribution in [2.24, 2.45) is 0 Å². The maximum Gasteiger partial charge on any atom is 0.387 e. The summed E-state index contributed by atoms with van der Waals surface area (Å²) >= 11 is 0. The van der Waals surface area contributed by atoms with E-state index in [4.69, 9.17) is 0 Å². The number of alkyl halides is 2. The maximum absolute atomic E-state index is 13.5. The Morgan fingerprint density at radius 3 is 2.26 bits per heavy atom. The Balaban J connectivity index is 3.31. The molecule has 0 unspecified atom stereocenters. The molecule has 0 fully saturated rings. The minimum Gasteiger partial charge on any atom is -0.550 e. The normalized spacial score (nSPS) is 10.6. The van der Waals surface area contributed by atoms with Crippen LogP contribution < -0.4 is 9.84 Å². The summed E-state index contributed by atoms with van der Waals surface area (Å²) in [5.74, 6) is -11.0. The van der Waals surface area contributed by atoms with E-state index in [2.05, 4.69) is 4.74 Å². The van der Waals surface area contributed by atoms with Gasteiger partial charge in [0.1, 0.15) is 0 Å². The Hall–Kier alpha value is -2.19. The van der Waals surface area contributed by atoms with Crippen LogP contribution in [-0.4, -0.2) is 18.4 Å². The molecule has 4 nitrogen and oxygen atoms in total. The molecule has 9 heteroatoms. The second-order valence-electron chi connectivity index (χ2n) is 3.21. The topological polar surface area (TPSA) is 66.4 Å². The number of halogens is 5. The maximum atomic E-state index is 13.5. The molecule has 0 aliphatic carbocycles. The molecule has 19 heavy (non-hydrogen) atoms. The van der Waals surface area contributed by atoms with E-state index in [-0.39, 0.29) is 6.07 Å². The Bertz CT molecular complexity index is 529. The van der Waals surface area contributed by atoms with Gasteiger partial charge in [0, 0.05) is 5.97 Å². The third kappa shape index (κ3) is 3.39. The Labute approximate surface area is 102 Å². The van der Waals surface area contributed by atoms with Crippen molar-refractivity contribution in [2.75, 3.05) is 0 Å². The van der Waals surface area contributed by atoms with Gasteiger partial charge in [-0.15, -0.1) is 0 Å². The van der Waals surface area contributed by atoms with Crippen LogP contribution in [0, 0.1) is 17.5 Å². The lowest BCUT2D eigenvalue weighted by atomic mass is 10.1. The second-order valence-corrected chi connectivity index (χ2v) is 3.21. The first-order valence-corrected chi connectivity index (χ1v) is 4.59. The summed E-state index contributed by atoms with van der Waals surface area (Å²) in [7, 11) is 0. The number of carbonyl (C=O) groups excluding carboxylic acids is 2. The number of Topliss-reactive ketones (excluding diaryl/α,β-unsaturated/α-hetero) is 1. The number of hydrogen-bond donors (Lipinski definition) is 0. The molecule has 0 aromatic heterocycles. The highest BCUT2D eigenvalue weighted by Crippen LogP contribution is 2.29. The molecule has 0 radical (unpaired) electrons. The molecule has 104 valence electrons. The summed E-state index contributed by atoms with van der Waals surface area (Å²) in [6.45, 7) is -3.66. The van der Waals surface area contributed by atoms with Crippen molar-refractivity contribution < 1.29 is 41.4 Å². The highest BCUT2D eigenvalue weighted by Gasteiger charge is 2.25. The van der Waals surface area contributed by atoms with E-state index in [0.717, 1.165) is 0 Å². The molecule has 0 spiro atoms. The number of rotatable bonds is 5. The quantitative estimate of drug-likeness (QED) is 0.350. The van der Waals surface area contributed by atoms with E-state index in [9.17, 15) is 36.6 Å². The number of hydrogen-bond acceptors (Lipinski definition) is 4. The van der Waals surface area contributed by atoms with Gasteiger partial charge in [0.15, 0.2) is 17.4 Å². The van der Waals surface area contributed by atoms with Gasteiger partial charge >= 0.3 is 6.61 Å². The molecule has 0 N–H and O–H groups in total. The van der Waals surface area contributed by atoms with Gasteiger partial charge < -0.3 is 14.6 Å². The first kappa shape index (κ1) is 14.9. The van der Waals surface area contributed by atoms with E-state index in [1.54, 1.807) is 0 Å². The van der Waals surface area contributed by atoms with Crippen molar-refractivity contribution in [1.29, 1.82) is 0 Å². The molecule has 1 aromatic rings. The third-order valence-corrected chi connectivity index (χ3v) is 1.93. The van der Waals surface area contributed by atoms with E-state index < -0.39 is 53.5 Å². The number of ketones is 1. The Morgan fingerprint density at radius 2 is 1.79 bits per heavy atom. The Kier molecular flexibility index (Phi) is 4.41. The van der Waals surface area contributed by atoms with Crippen molar-refractivity contribution in [3.05, 3.63) is 29.1 Å². The van der Waals surface area contributed by atoms with Crippen LogP contribution in [0.4, 0.5) is 22.0 Å². The summed E-state index contributed by atoms with van der Waals surface area (Å²) in [5.41, 5.74) is -1.22. The van der Waals surface area contributed by atoms with Gasteiger partial charge in [-0.3, -0.25) is 4.79 Å². The van der Waals surface area contributed by atoms with Gasteiger partial charge in [0.25, 0.3) is 0 Å². The number of carbonyl (C=O) groups is 2. The molecular formula is C10H4F5O4-. The number of carboxylic acids is 1. The average molecular weight is 283 g/mol. The van der Waals surface area contributed by atoms with Gasteiger partial charge in [0.2, 0.25) is 11.6 Å². The summed E-state index contributed by atoms with van der Waals surface area (Å²) in [6.07, 6.45) is -1.32. The number of ether oxygens (including phenoxy) is 1. The summed E-state index contributed by atoms with van der Waals surface area (Å²) in [5, 5.41) is 10.1. The number of benzene rings is 1. The molecule has 0 atom stereocenters. The minimum atomic E-state index is -3.66. The Morgan fingerprint density at radius 1 is 1.21 bits per heavy atom. The summed E-state index contributed by atoms with van der Waals surface area (Å²) in [4.78, 5) is 21.3. The first-order valence-electron chi connectivity index (χ1n) is 4.59.